The molecule has 23 heavy (non-hydrogen) atoms. The van der Waals surface area contributed by atoms with Gasteiger partial charge in [-0.25, -0.2) is 9.45 Å². The van der Waals surface area contributed by atoms with Crippen molar-refractivity contribution in [3.8, 4) is 0 Å². The van der Waals surface area contributed by atoms with E-state index < -0.39 is 6.10 Å². The van der Waals surface area contributed by atoms with Crippen LogP contribution in [0.2, 0.25) is 0 Å². The van der Waals surface area contributed by atoms with E-state index >= 15 is 0 Å². The maximum atomic E-state index is 13.4. The van der Waals surface area contributed by atoms with Gasteiger partial charge in [0.15, 0.2) is 0 Å². The minimum absolute atomic E-state index is 0.0311. The number of fused-ring (bicyclic) bond motifs is 1. The van der Waals surface area contributed by atoms with Crippen LogP contribution in [0.5, 0.6) is 0 Å². The van der Waals surface area contributed by atoms with Crippen molar-refractivity contribution in [3.63, 3.8) is 0 Å². The summed E-state index contributed by atoms with van der Waals surface area (Å²) in [6.45, 7) is 2.84. The molecule has 0 saturated carbocycles. The van der Waals surface area contributed by atoms with E-state index in [1.807, 2.05) is 6.07 Å². The van der Waals surface area contributed by atoms with Crippen molar-refractivity contribution in [3.05, 3.63) is 30.1 Å². The Morgan fingerprint density at radius 2 is 2.22 bits per heavy atom. The Morgan fingerprint density at radius 1 is 1.30 bits per heavy atom. The second kappa shape index (κ2) is 6.09. The molecule has 3 atom stereocenters. The second-order valence-corrected chi connectivity index (χ2v) is 6.50. The molecule has 0 spiro atoms. The molecule has 0 aromatic heterocycles. The fourth-order valence-corrected chi connectivity index (χ4v) is 3.78. The minimum atomic E-state index is -0.393. The lowest BCUT2D eigenvalue weighted by atomic mass is 9.91. The van der Waals surface area contributed by atoms with E-state index in [9.17, 15) is 9.18 Å². The van der Waals surface area contributed by atoms with Crippen molar-refractivity contribution in [1.82, 2.24) is 5.06 Å². The molecule has 3 heterocycles. The quantitative estimate of drug-likeness (QED) is 0.835. The summed E-state index contributed by atoms with van der Waals surface area (Å²) >= 11 is 0. The first-order chi connectivity index (χ1) is 11.2. The number of nitrogens with zero attached hydrogens (tertiary/aromatic N) is 2. The van der Waals surface area contributed by atoms with Crippen LogP contribution in [0.25, 0.3) is 0 Å². The lowest BCUT2D eigenvalue weighted by Crippen LogP contribution is -2.42. The Kier molecular flexibility index (Phi) is 3.95. The Balaban J connectivity index is 1.41. The fourth-order valence-electron chi connectivity index (χ4n) is 3.78. The molecule has 0 unspecified atom stereocenters. The molecule has 0 bridgehead atoms. The van der Waals surface area contributed by atoms with E-state index in [4.69, 9.17) is 9.57 Å². The van der Waals surface area contributed by atoms with Crippen LogP contribution in [0.1, 0.15) is 19.3 Å². The Bertz CT molecular complexity index is 591. The summed E-state index contributed by atoms with van der Waals surface area (Å²) in [7, 11) is 0. The zero-order chi connectivity index (χ0) is 15.8. The maximum absolute atomic E-state index is 13.4. The number of benzene rings is 1. The molecule has 1 amide bonds. The topological polar surface area (TPSA) is 42.0 Å². The molecule has 3 aliphatic heterocycles. The van der Waals surface area contributed by atoms with Gasteiger partial charge in [-0.15, -0.1) is 0 Å². The van der Waals surface area contributed by atoms with Gasteiger partial charge in [0.05, 0.1) is 19.3 Å². The van der Waals surface area contributed by atoms with E-state index in [1.165, 1.54) is 11.1 Å². The summed E-state index contributed by atoms with van der Waals surface area (Å²) in [5, 5.41) is 1.45. The first-order valence-corrected chi connectivity index (χ1v) is 8.31. The SMILES string of the molecule is O=C([C@@H]1C[C@@H]2CCN(c3cccc(F)c3)C[C@H]2O1)N1CCCO1. The molecule has 5 nitrogen and oxygen atoms in total. The summed E-state index contributed by atoms with van der Waals surface area (Å²) in [5.41, 5.74) is 0.879. The van der Waals surface area contributed by atoms with Crippen LogP contribution in [0.4, 0.5) is 10.1 Å². The van der Waals surface area contributed by atoms with Crippen LogP contribution < -0.4 is 4.90 Å². The molecule has 6 heteroatoms. The summed E-state index contributed by atoms with van der Waals surface area (Å²) in [6, 6.07) is 6.64. The Morgan fingerprint density at radius 3 is 3.00 bits per heavy atom. The number of carbonyl (C=O) groups is 1. The molecule has 0 N–H and O–H groups in total. The van der Waals surface area contributed by atoms with Crippen LogP contribution >= 0.6 is 0 Å². The van der Waals surface area contributed by atoms with Crippen LogP contribution in [-0.2, 0) is 14.4 Å². The third-order valence-electron chi connectivity index (χ3n) is 5.00. The normalized spacial score (nSPS) is 30.6. The zero-order valence-corrected chi connectivity index (χ0v) is 13.0. The maximum Gasteiger partial charge on any atom is 0.275 e. The van der Waals surface area contributed by atoms with Crippen molar-refractivity contribution in [2.24, 2.45) is 5.92 Å². The summed E-state index contributed by atoms with van der Waals surface area (Å²) in [4.78, 5) is 19.9. The van der Waals surface area contributed by atoms with E-state index in [-0.39, 0.29) is 17.8 Å². The predicted molar refractivity (Wildman–Crippen MR) is 82.3 cm³/mol. The molecular formula is C17H21FN2O3. The van der Waals surface area contributed by atoms with Crippen LogP contribution in [0.3, 0.4) is 0 Å². The standard InChI is InChI=1S/C17H21FN2O3/c18-13-3-1-4-14(10-13)19-7-5-12-9-15(23-16(12)11-19)17(21)20-6-2-8-22-20/h1,3-4,10,12,15-16H,2,5-9,11H2/t12-,15-,16+/m0/s1. The largest absolute Gasteiger partial charge is 0.369 e. The van der Waals surface area contributed by atoms with E-state index in [0.29, 0.717) is 25.6 Å². The number of piperidine rings is 1. The van der Waals surface area contributed by atoms with Gasteiger partial charge in [0.25, 0.3) is 5.91 Å². The number of halogens is 1. The minimum Gasteiger partial charge on any atom is -0.369 e. The number of hydrogen-bond acceptors (Lipinski definition) is 4. The summed E-state index contributed by atoms with van der Waals surface area (Å²) < 4.78 is 19.4. The van der Waals surface area contributed by atoms with Crippen LogP contribution in [-0.4, -0.2) is 49.4 Å². The lowest BCUT2D eigenvalue weighted by Gasteiger charge is -2.35. The molecule has 0 aliphatic carbocycles. The number of anilines is 1. The van der Waals surface area contributed by atoms with Gasteiger partial charge in [0.2, 0.25) is 0 Å². The number of rotatable bonds is 2. The highest BCUT2D eigenvalue weighted by molar-refractivity contribution is 5.80. The summed E-state index contributed by atoms with van der Waals surface area (Å²) in [6.07, 6.45) is 2.25. The van der Waals surface area contributed by atoms with Gasteiger partial charge in [0, 0.05) is 18.8 Å². The first kappa shape index (κ1) is 14.9. The van der Waals surface area contributed by atoms with Gasteiger partial charge in [-0.2, -0.15) is 0 Å². The molecule has 0 radical (unpaired) electrons. The van der Waals surface area contributed by atoms with E-state index in [0.717, 1.165) is 31.5 Å². The molecule has 1 aromatic rings. The van der Waals surface area contributed by atoms with Gasteiger partial charge >= 0.3 is 0 Å². The van der Waals surface area contributed by atoms with Crippen LogP contribution in [0, 0.1) is 11.7 Å². The summed E-state index contributed by atoms with van der Waals surface area (Å²) in [5.74, 6) is 0.127. The zero-order valence-electron chi connectivity index (χ0n) is 13.0. The molecule has 4 rings (SSSR count). The highest BCUT2D eigenvalue weighted by Gasteiger charge is 2.43. The molecule has 124 valence electrons. The Labute approximate surface area is 134 Å². The van der Waals surface area contributed by atoms with Crippen molar-refractivity contribution in [1.29, 1.82) is 0 Å². The van der Waals surface area contributed by atoms with Gasteiger partial charge in [0.1, 0.15) is 11.9 Å². The van der Waals surface area contributed by atoms with Crippen molar-refractivity contribution in [2.45, 2.75) is 31.5 Å². The first-order valence-electron chi connectivity index (χ1n) is 8.31. The van der Waals surface area contributed by atoms with Gasteiger partial charge in [-0.05, 0) is 43.4 Å². The average molecular weight is 320 g/mol. The number of hydrogen-bond donors (Lipinski definition) is 0. The van der Waals surface area contributed by atoms with E-state index in [2.05, 4.69) is 4.90 Å². The molecule has 3 saturated heterocycles. The molecule has 3 fully saturated rings. The van der Waals surface area contributed by atoms with Crippen LogP contribution in [0.15, 0.2) is 24.3 Å². The fraction of sp³-hybridized carbons (Fsp3) is 0.588. The lowest BCUT2D eigenvalue weighted by molar-refractivity contribution is -0.180. The molecule has 3 aliphatic rings. The third kappa shape index (κ3) is 2.93. The number of carbonyl (C=O) groups excluding carboxylic acids is 1. The highest BCUT2D eigenvalue weighted by Crippen LogP contribution is 2.35. The second-order valence-electron chi connectivity index (χ2n) is 6.50. The number of ether oxygens (including phenoxy) is 1. The smallest absolute Gasteiger partial charge is 0.275 e. The Hall–Kier alpha value is -1.66. The third-order valence-corrected chi connectivity index (χ3v) is 5.00. The van der Waals surface area contributed by atoms with Gasteiger partial charge < -0.3 is 9.64 Å². The monoisotopic (exact) mass is 320 g/mol. The van der Waals surface area contributed by atoms with E-state index in [1.54, 1.807) is 12.1 Å². The number of amides is 1. The van der Waals surface area contributed by atoms with Crippen molar-refractivity contribution in [2.75, 3.05) is 31.1 Å². The van der Waals surface area contributed by atoms with Crippen molar-refractivity contribution >= 4 is 11.6 Å². The average Bonchev–Trinajstić information content (AvgIpc) is 3.23. The molecule has 1 aromatic carbocycles. The predicted octanol–water partition coefficient (Wildman–Crippen LogP) is 1.97. The van der Waals surface area contributed by atoms with Gasteiger partial charge in [-0.1, -0.05) is 6.07 Å². The van der Waals surface area contributed by atoms with Crippen molar-refractivity contribution < 1.29 is 18.8 Å². The van der Waals surface area contributed by atoms with Gasteiger partial charge in [-0.3, -0.25) is 9.63 Å². The molecular weight excluding hydrogens is 299 g/mol. The number of hydroxylamine groups is 2. The highest BCUT2D eigenvalue weighted by atomic mass is 19.1.